The lowest BCUT2D eigenvalue weighted by molar-refractivity contribution is 0.790. The lowest BCUT2D eigenvalue weighted by Gasteiger charge is -2.07. The number of nitrogens with zero attached hydrogens (tertiary/aromatic N) is 6. The highest BCUT2D eigenvalue weighted by molar-refractivity contribution is 7.99. The van der Waals surface area contributed by atoms with Crippen LogP contribution in [0.4, 0.5) is 23.1 Å². The number of rotatable bonds is 6. The van der Waals surface area contributed by atoms with Crippen molar-refractivity contribution in [3.05, 3.63) is 78.3 Å². The summed E-state index contributed by atoms with van der Waals surface area (Å²) in [5.74, 6) is 1.07. The first kappa shape index (κ1) is 19.4. The van der Waals surface area contributed by atoms with E-state index in [2.05, 4.69) is 30.7 Å². The molecule has 0 atom stereocenters. The van der Waals surface area contributed by atoms with E-state index in [1.165, 1.54) is 11.8 Å². The standard InChI is InChI=1S/C21H17ClN8S/c1-29-11-9-24-21(29)31-17-8-7-15(13-16(17)22)26-20-27-19-18(23-10-12-30(19)28-20)25-14-5-3-2-4-6-14/h2-13H,1H3,(H,23,25)(H,26,28). The molecule has 8 nitrogen and oxygen atoms in total. The van der Waals surface area contributed by atoms with Gasteiger partial charge in [0.15, 0.2) is 11.0 Å². The highest BCUT2D eigenvalue weighted by Crippen LogP contribution is 2.34. The van der Waals surface area contributed by atoms with E-state index in [0.717, 1.165) is 21.4 Å². The Hall–Kier alpha value is -3.56. The number of imidazole rings is 1. The number of benzene rings is 2. The molecule has 5 aromatic rings. The van der Waals surface area contributed by atoms with Crippen LogP contribution in [0.5, 0.6) is 0 Å². The summed E-state index contributed by atoms with van der Waals surface area (Å²) < 4.78 is 3.62. The van der Waals surface area contributed by atoms with Gasteiger partial charge in [-0.3, -0.25) is 0 Å². The molecule has 3 aromatic heterocycles. The number of aromatic nitrogens is 6. The van der Waals surface area contributed by atoms with Gasteiger partial charge in [0.1, 0.15) is 0 Å². The smallest absolute Gasteiger partial charge is 0.247 e. The molecule has 3 heterocycles. The van der Waals surface area contributed by atoms with Crippen LogP contribution in [0.15, 0.2) is 83.4 Å². The van der Waals surface area contributed by atoms with Crippen molar-refractivity contribution in [2.24, 2.45) is 7.05 Å². The number of hydrogen-bond donors (Lipinski definition) is 2. The molecule has 0 saturated carbocycles. The summed E-state index contributed by atoms with van der Waals surface area (Å²) in [6.45, 7) is 0. The van der Waals surface area contributed by atoms with E-state index in [1.54, 1.807) is 23.1 Å². The largest absolute Gasteiger partial charge is 0.337 e. The van der Waals surface area contributed by atoms with Gasteiger partial charge in [0.25, 0.3) is 0 Å². The molecule has 154 valence electrons. The third-order valence-corrected chi connectivity index (χ3v) is 6.03. The molecular weight excluding hydrogens is 432 g/mol. The summed E-state index contributed by atoms with van der Waals surface area (Å²) >= 11 is 8.00. The predicted molar refractivity (Wildman–Crippen MR) is 123 cm³/mol. The first-order valence-electron chi connectivity index (χ1n) is 9.41. The van der Waals surface area contributed by atoms with Gasteiger partial charge in [-0.05, 0) is 30.3 Å². The fourth-order valence-electron chi connectivity index (χ4n) is 2.96. The second kappa shape index (κ2) is 8.29. The van der Waals surface area contributed by atoms with Crippen molar-refractivity contribution in [3.63, 3.8) is 0 Å². The summed E-state index contributed by atoms with van der Waals surface area (Å²) in [6, 6.07) is 15.5. The van der Waals surface area contributed by atoms with Crippen molar-refractivity contribution >= 4 is 52.2 Å². The minimum atomic E-state index is 0.449. The van der Waals surface area contributed by atoms with Gasteiger partial charge in [0.2, 0.25) is 11.6 Å². The third-order valence-electron chi connectivity index (χ3n) is 4.46. The maximum Gasteiger partial charge on any atom is 0.247 e. The number of halogens is 1. The second-order valence-electron chi connectivity index (χ2n) is 6.66. The van der Waals surface area contributed by atoms with E-state index in [9.17, 15) is 0 Å². The average Bonchev–Trinajstić information content (AvgIpc) is 3.37. The third kappa shape index (κ3) is 4.18. The highest BCUT2D eigenvalue weighted by Gasteiger charge is 2.12. The Kier molecular flexibility index (Phi) is 5.19. The number of fused-ring (bicyclic) bond motifs is 1. The quantitative estimate of drug-likeness (QED) is 0.371. The molecule has 31 heavy (non-hydrogen) atoms. The lowest BCUT2D eigenvalue weighted by atomic mass is 10.3. The maximum absolute atomic E-state index is 6.50. The SMILES string of the molecule is Cn1ccnc1Sc1ccc(Nc2nc3c(Nc4ccccc4)nccn3n2)cc1Cl. The predicted octanol–water partition coefficient (Wildman–Crippen LogP) is 5.15. The van der Waals surface area contributed by atoms with Crippen molar-refractivity contribution in [2.75, 3.05) is 10.6 Å². The van der Waals surface area contributed by atoms with E-state index in [0.29, 0.717) is 22.4 Å². The van der Waals surface area contributed by atoms with E-state index < -0.39 is 0 Å². The lowest BCUT2D eigenvalue weighted by Crippen LogP contribution is -1.98. The molecule has 0 fully saturated rings. The minimum Gasteiger partial charge on any atom is -0.337 e. The Labute approximate surface area is 187 Å². The summed E-state index contributed by atoms with van der Waals surface area (Å²) in [5, 5.41) is 12.5. The average molecular weight is 449 g/mol. The van der Waals surface area contributed by atoms with Gasteiger partial charge in [-0.1, -0.05) is 41.6 Å². The van der Waals surface area contributed by atoms with Gasteiger partial charge in [-0.2, -0.15) is 4.98 Å². The molecule has 10 heteroatoms. The first-order valence-corrected chi connectivity index (χ1v) is 10.6. The van der Waals surface area contributed by atoms with Crippen LogP contribution in [-0.4, -0.2) is 29.1 Å². The molecular formula is C21H17ClN8S. The summed E-state index contributed by atoms with van der Waals surface area (Å²) in [6.07, 6.45) is 7.09. The van der Waals surface area contributed by atoms with Crippen LogP contribution in [0.2, 0.25) is 5.02 Å². The Bertz CT molecular complexity index is 1350. The van der Waals surface area contributed by atoms with E-state index in [4.69, 9.17) is 11.6 Å². The van der Waals surface area contributed by atoms with Crippen molar-refractivity contribution < 1.29 is 0 Å². The Morgan fingerprint density at radius 3 is 2.55 bits per heavy atom. The van der Waals surface area contributed by atoms with Gasteiger partial charge in [0.05, 0.1) is 5.02 Å². The monoisotopic (exact) mass is 448 g/mol. The van der Waals surface area contributed by atoms with Crippen LogP contribution in [0.25, 0.3) is 5.65 Å². The van der Waals surface area contributed by atoms with E-state index in [-0.39, 0.29) is 0 Å². The molecule has 0 spiro atoms. The molecule has 2 aromatic carbocycles. The van der Waals surface area contributed by atoms with Crippen LogP contribution in [-0.2, 0) is 7.05 Å². The van der Waals surface area contributed by atoms with Gasteiger partial charge in [0, 0.05) is 48.1 Å². The Morgan fingerprint density at radius 2 is 1.77 bits per heavy atom. The van der Waals surface area contributed by atoms with Crippen molar-refractivity contribution in [1.82, 2.24) is 29.1 Å². The van der Waals surface area contributed by atoms with E-state index in [1.807, 2.05) is 66.3 Å². The normalized spacial score (nSPS) is 11.0. The first-order chi connectivity index (χ1) is 15.2. The fraction of sp³-hybridized carbons (Fsp3) is 0.0476. The summed E-state index contributed by atoms with van der Waals surface area (Å²) in [5.41, 5.74) is 2.32. The van der Waals surface area contributed by atoms with Crippen LogP contribution in [0.1, 0.15) is 0 Å². The number of para-hydroxylation sites is 1. The van der Waals surface area contributed by atoms with Crippen molar-refractivity contribution in [1.29, 1.82) is 0 Å². The number of anilines is 4. The number of nitrogens with one attached hydrogen (secondary N) is 2. The molecule has 0 radical (unpaired) electrons. The molecule has 0 amide bonds. The molecule has 0 bridgehead atoms. The highest BCUT2D eigenvalue weighted by atomic mass is 35.5. The fourth-order valence-corrected chi connectivity index (χ4v) is 4.06. The zero-order valence-electron chi connectivity index (χ0n) is 16.4. The molecule has 0 unspecified atom stereocenters. The van der Waals surface area contributed by atoms with Crippen LogP contribution < -0.4 is 10.6 Å². The van der Waals surface area contributed by atoms with Gasteiger partial charge >= 0.3 is 0 Å². The molecule has 0 aliphatic heterocycles. The van der Waals surface area contributed by atoms with Crippen LogP contribution >= 0.6 is 23.4 Å². The topological polar surface area (TPSA) is 85.0 Å². The van der Waals surface area contributed by atoms with Gasteiger partial charge in [-0.15, -0.1) is 5.10 Å². The number of hydrogen-bond acceptors (Lipinski definition) is 7. The van der Waals surface area contributed by atoms with Gasteiger partial charge in [-0.25, -0.2) is 14.5 Å². The van der Waals surface area contributed by atoms with Crippen LogP contribution in [0.3, 0.4) is 0 Å². The van der Waals surface area contributed by atoms with Crippen molar-refractivity contribution in [3.8, 4) is 0 Å². The molecule has 0 aliphatic carbocycles. The Morgan fingerprint density at radius 1 is 0.935 bits per heavy atom. The maximum atomic E-state index is 6.50. The van der Waals surface area contributed by atoms with E-state index >= 15 is 0 Å². The van der Waals surface area contributed by atoms with Gasteiger partial charge < -0.3 is 15.2 Å². The zero-order chi connectivity index (χ0) is 21.2. The molecule has 5 rings (SSSR count). The molecule has 0 saturated heterocycles. The summed E-state index contributed by atoms with van der Waals surface area (Å²) in [4.78, 5) is 14.2. The van der Waals surface area contributed by atoms with Crippen LogP contribution in [0, 0.1) is 0 Å². The molecule has 2 N–H and O–H groups in total. The molecule has 0 aliphatic rings. The Balaban J connectivity index is 1.37. The summed E-state index contributed by atoms with van der Waals surface area (Å²) in [7, 11) is 1.95. The zero-order valence-corrected chi connectivity index (χ0v) is 18.0. The van der Waals surface area contributed by atoms with Crippen molar-refractivity contribution in [2.45, 2.75) is 10.1 Å². The minimum absolute atomic E-state index is 0.449. The second-order valence-corrected chi connectivity index (χ2v) is 8.08. The number of aryl methyl sites for hydroxylation is 1.